The number of rotatable bonds is 3. The summed E-state index contributed by atoms with van der Waals surface area (Å²) in [7, 11) is 0. The molecule has 1 aliphatic heterocycles. The molecule has 1 fully saturated rings. The van der Waals surface area contributed by atoms with Gasteiger partial charge in [0.25, 0.3) is 5.91 Å². The number of amides is 1. The molecule has 1 aromatic carbocycles. The van der Waals surface area contributed by atoms with E-state index in [-0.39, 0.29) is 23.3 Å². The Balaban J connectivity index is 1.64. The van der Waals surface area contributed by atoms with Crippen LogP contribution in [0.15, 0.2) is 42.7 Å². The monoisotopic (exact) mass is 308 g/mol. The molecule has 23 heavy (non-hydrogen) atoms. The summed E-state index contributed by atoms with van der Waals surface area (Å²) in [6, 6.07) is 10.4. The third-order valence-electron chi connectivity index (χ3n) is 3.91. The number of hydrogen-bond donors (Lipinski definition) is 2. The van der Waals surface area contributed by atoms with Gasteiger partial charge in [-0.25, -0.2) is 0 Å². The predicted octanol–water partition coefficient (Wildman–Crippen LogP) is 1.67. The summed E-state index contributed by atoms with van der Waals surface area (Å²) in [4.78, 5) is 18.2. The lowest BCUT2D eigenvalue weighted by Gasteiger charge is -2.19. The maximum Gasteiger partial charge on any atom is 0.253 e. The highest BCUT2D eigenvalue weighted by molar-refractivity contribution is 5.94. The minimum absolute atomic E-state index is 0.0205. The van der Waals surface area contributed by atoms with E-state index in [0.29, 0.717) is 12.1 Å². The van der Waals surface area contributed by atoms with Gasteiger partial charge in [-0.2, -0.15) is 5.26 Å². The van der Waals surface area contributed by atoms with Crippen LogP contribution in [0.5, 0.6) is 5.75 Å². The summed E-state index contributed by atoms with van der Waals surface area (Å²) in [6.07, 6.45) is 4.00. The molecule has 1 saturated heterocycles. The molecular formula is C17H16N4O2. The summed E-state index contributed by atoms with van der Waals surface area (Å²) in [5.74, 6) is -0.152. The topological polar surface area (TPSA) is 89.3 Å². The lowest BCUT2D eigenvalue weighted by molar-refractivity contribution is 0.0940. The maximum absolute atomic E-state index is 12.1. The molecule has 0 saturated carbocycles. The molecule has 0 bridgehead atoms. The van der Waals surface area contributed by atoms with Gasteiger partial charge in [0.05, 0.1) is 11.1 Å². The lowest BCUT2D eigenvalue weighted by atomic mass is 10.2. The Hall–Kier alpha value is -3.07. The van der Waals surface area contributed by atoms with Crippen molar-refractivity contribution in [3.63, 3.8) is 0 Å². The standard InChI is InChI=1S/C17H16N4O2/c18-9-12-3-4-15(8-16(12)22)21-7-5-14(11-21)20-17(23)13-2-1-6-19-10-13/h1-4,6,8,10,14,22H,5,7,11H2,(H,20,23)/t14-/m0/s1. The Labute approximate surface area is 134 Å². The van der Waals surface area contributed by atoms with Gasteiger partial charge < -0.3 is 15.3 Å². The molecule has 0 radical (unpaired) electrons. The number of nitrogens with zero attached hydrogens (tertiary/aromatic N) is 3. The third-order valence-corrected chi connectivity index (χ3v) is 3.91. The van der Waals surface area contributed by atoms with Crippen LogP contribution >= 0.6 is 0 Å². The van der Waals surface area contributed by atoms with Crippen molar-refractivity contribution in [2.45, 2.75) is 12.5 Å². The van der Waals surface area contributed by atoms with Crippen LogP contribution in [0.4, 0.5) is 5.69 Å². The average Bonchev–Trinajstić information content (AvgIpc) is 3.04. The molecular weight excluding hydrogens is 292 g/mol. The molecule has 1 aliphatic rings. The predicted molar refractivity (Wildman–Crippen MR) is 85.1 cm³/mol. The molecule has 3 rings (SSSR count). The van der Waals surface area contributed by atoms with E-state index in [2.05, 4.69) is 15.2 Å². The van der Waals surface area contributed by atoms with Crippen LogP contribution in [0.3, 0.4) is 0 Å². The molecule has 0 aliphatic carbocycles. The molecule has 0 unspecified atom stereocenters. The molecule has 0 spiro atoms. The van der Waals surface area contributed by atoms with Crippen molar-refractivity contribution in [3.8, 4) is 11.8 Å². The van der Waals surface area contributed by atoms with Crippen LogP contribution in [0.2, 0.25) is 0 Å². The number of carbonyl (C=O) groups excluding carboxylic acids is 1. The van der Waals surface area contributed by atoms with Gasteiger partial charge in [0, 0.05) is 43.3 Å². The number of anilines is 1. The first-order valence-electron chi connectivity index (χ1n) is 7.36. The molecule has 116 valence electrons. The Morgan fingerprint density at radius 3 is 3.00 bits per heavy atom. The van der Waals surface area contributed by atoms with E-state index < -0.39 is 0 Å². The number of aromatic hydroxyl groups is 1. The van der Waals surface area contributed by atoms with Gasteiger partial charge in [0.1, 0.15) is 11.8 Å². The number of nitriles is 1. The Kier molecular flexibility index (Phi) is 4.11. The van der Waals surface area contributed by atoms with Crippen LogP contribution in [0.25, 0.3) is 0 Å². The van der Waals surface area contributed by atoms with Crippen molar-refractivity contribution in [3.05, 3.63) is 53.9 Å². The van der Waals surface area contributed by atoms with Crippen LogP contribution in [-0.2, 0) is 0 Å². The number of aromatic nitrogens is 1. The zero-order valence-electron chi connectivity index (χ0n) is 12.4. The highest BCUT2D eigenvalue weighted by atomic mass is 16.3. The third kappa shape index (κ3) is 3.24. The second-order valence-electron chi connectivity index (χ2n) is 5.46. The largest absolute Gasteiger partial charge is 0.506 e. The van der Waals surface area contributed by atoms with E-state index in [1.54, 1.807) is 36.7 Å². The zero-order valence-corrected chi connectivity index (χ0v) is 12.4. The van der Waals surface area contributed by atoms with Gasteiger partial charge in [-0.15, -0.1) is 0 Å². The molecule has 6 nitrogen and oxygen atoms in total. The smallest absolute Gasteiger partial charge is 0.253 e. The summed E-state index contributed by atoms with van der Waals surface area (Å²) in [6.45, 7) is 1.45. The lowest BCUT2D eigenvalue weighted by Crippen LogP contribution is -2.37. The van der Waals surface area contributed by atoms with E-state index >= 15 is 0 Å². The van der Waals surface area contributed by atoms with Crippen molar-refractivity contribution in [2.75, 3.05) is 18.0 Å². The number of nitrogens with one attached hydrogen (secondary N) is 1. The van der Waals surface area contributed by atoms with Gasteiger partial charge in [-0.3, -0.25) is 9.78 Å². The fourth-order valence-corrected chi connectivity index (χ4v) is 2.69. The van der Waals surface area contributed by atoms with E-state index in [0.717, 1.165) is 18.7 Å². The van der Waals surface area contributed by atoms with Gasteiger partial charge in [-0.05, 0) is 30.7 Å². The average molecular weight is 308 g/mol. The molecule has 2 aromatic rings. The Morgan fingerprint density at radius 2 is 2.30 bits per heavy atom. The number of carbonyl (C=O) groups is 1. The number of hydrogen-bond acceptors (Lipinski definition) is 5. The van der Waals surface area contributed by atoms with Crippen molar-refractivity contribution in [1.29, 1.82) is 5.26 Å². The highest BCUT2D eigenvalue weighted by Gasteiger charge is 2.25. The maximum atomic E-state index is 12.1. The molecule has 1 atom stereocenters. The first kappa shape index (κ1) is 14.9. The van der Waals surface area contributed by atoms with Gasteiger partial charge in [-0.1, -0.05) is 0 Å². The van der Waals surface area contributed by atoms with E-state index in [1.165, 1.54) is 0 Å². The van der Waals surface area contributed by atoms with Crippen LogP contribution in [0.1, 0.15) is 22.3 Å². The van der Waals surface area contributed by atoms with E-state index in [4.69, 9.17) is 5.26 Å². The Morgan fingerprint density at radius 1 is 1.43 bits per heavy atom. The van der Waals surface area contributed by atoms with Crippen molar-refractivity contribution >= 4 is 11.6 Å². The summed E-state index contributed by atoms with van der Waals surface area (Å²) in [5, 5.41) is 21.6. The van der Waals surface area contributed by atoms with Crippen LogP contribution in [0, 0.1) is 11.3 Å². The fourth-order valence-electron chi connectivity index (χ4n) is 2.69. The second kappa shape index (κ2) is 6.36. The van der Waals surface area contributed by atoms with Crippen LogP contribution in [-0.4, -0.2) is 35.1 Å². The number of benzene rings is 1. The van der Waals surface area contributed by atoms with Crippen LogP contribution < -0.4 is 10.2 Å². The summed E-state index contributed by atoms with van der Waals surface area (Å²) < 4.78 is 0. The van der Waals surface area contributed by atoms with Gasteiger partial charge in [0.2, 0.25) is 0 Å². The normalized spacial score (nSPS) is 16.8. The number of phenols is 1. The highest BCUT2D eigenvalue weighted by Crippen LogP contribution is 2.26. The fraction of sp³-hybridized carbons (Fsp3) is 0.235. The minimum atomic E-state index is -0.132. The number of pyridine rings is 1. The minimum Gasteiger partial charge on any atom is -0.506 e. The Bertz CT molecular complexity index is 755. The van der Waals surface area contributed by atoms with E-state index in [9.17, 15) is 9.90 Å². The summed E-state index contributed by atoms with van der Waals surface area (Å²) >= 11 is 0. The molecule has 1 amide bonds. The molecule has 1 aromatic heterocycles. The molecule has 2 heterocycles. The summed E-state index contributed by atoms with van der Waals surface area (Å²) in [5.41, 5.74) is 1.65. The SMILES string of the molecule is N#Cc1ccc(N2CC[C@H](NC(=O)c3cccnc3)C2)cc1O. The van der Waals surface area contributed by atoms with Gasteiger partial charge in [0.15, 0.2) is 0 Å². The van der Waals surface area contributed by atoms with Crippen molar-refractivity contribution in [2.24, 2.45) is 0 Å². The van der Waals surface area contributed by atoms with Gasteiger partial charge >= 0.3 is 0 Å². The van der Waals surface area contributed by atoms with Crippen molar-refractivity contribution in [1.82, 2.24) is 10.3 Å². The number of phenolic OH excluding ortho intramolecular Hbond substituents is 1. The first-order chi connectivity index (χ1) is 11.2. The molecule has 6 heteroatoms. The van der Waals surface area contributed by atoms with E-state index in [1.807, 2.05) is 12.1 Å². The molecule has 2 N–H and O–H groups in total. The van der Waals surface area contributed by atoms with Crippen molar-refractivity contribution < 1.29 is 9.90 Å². The second-order valence-corrected chi connectivity index (χ2v) is 5.46. The zero-order chi connectivity index (χ0) is 16.2. The quantitative estimate of drug-likeness (QED) is 0.900. The first-order valence-corrected chi connectivity index (χ1v) is 7.36.